The third-order valence-electron chi connectivity index (χ3n) is 7.11. The highest BCUT2D eigenvalue weighted by atomic mass is 32.2. The van der Waals surface area contributed by atoms with Crippen LogP contribution in [0.1, 0.15) is 43.2 Å². The van der Waals surface area contributed by atoms with Gasteiger partial charge >= 0.3 is 0 Å². The number of amides is 1. The quantitative estimate of drug-likeness (QED) is 0.371. The summed E-state index contributed by atoms with van der Waals surface area (Å²) in [7, 11) is 0. The first kappa shape index (κ1) is 27.4. The maximum atomic E-state index is 13.0. The number of nitrogens with one attached hydrogen (secondary N) is 2. The number of nitrogens with zero attached hydrogens (tertiary/aromatic N) is 5. The molecule has 1 aliphatic heterocycles. The number of carbonyl (C=O) groups excluding carboxylic acids is 1. The number of morpholine rings is 1. The second-order valence-corrected chi connectivity index (χ2v) is 12.8. The minimum atomic E-state index is -0.187. The fourth-order valence-corrected chi connectivity index (χ4v) is 6.77. The third kappa shape index (κ3) is 6.69. The van der Waals surface area contributed by atoms with Crippen molar-refractivity contribution in [2.45, 2.75) is 45.2 Å². The Morgan fingerprint density at radius 1 is 1.21 bits per heavy atom. The van der Waals surface area contributed by atoms with Gasteiger partial charge in [0.05, 0.1) is 24.5 Å². The lowest BCUT2D eigenvalue weighted by molar-refractivity contribution is -0.113. The highest BCUT2D eigenvalue weighted by molar-refractivity contribution is 7.99. The summed E-state index contributed by atoms with van der Waals surface area (Å²) < 4.78 is 5.48. The van der Waals surface area contributed by atoms with Crippen LogP contribution in [0.25, 0.3) is 0 Å². The first-order valence-electron chi connectivity index (χ1n) is 13.2. The molecule has 1 fully saturated rings. The molecular weight excluding hydrogens is 530 g/mol. The monoisotopic (exact) mass is 563 g/mol. The Labute approximate surface area is 237 Å². The summed E-state index contributed by atoms with van der Waals surface area (Å²) in [4.78, 5) is 30.1. The van der Waals surface area contributed by atoms with Crippen LogP contribution in [0.2, 0.25) is 0 Å². The fourth-order valence-electron chi connectivity index (χ4n) is 4.85. The van der Waals surface area contributed by atoms with Crippen LogP contribution >= 0.6 is 23.1 Å². The molecule has 3 heterocycles. The average molecular weight is 564 g/mol. The minimum absolute atomic E-state index is 0.120. The Kier molecular flexibility index (Phi) is 8.35. The van der Waals surface area contributed by atoms with E-state index >= 15 is 0 Å². The van der Waals surface area contributed by atoms with Crippen LogP contribution < -0.4 is 15.5 Å². The van der Waals surface area contributed by atoms with Crippen LogP contribution in [0, 0.1) is 22.7 Å². The average Bonchev–Trinajstić information content (AvgIpc) is 3.28. The van der Waals surface area contributed by atoms with E-state index in [1.165, 1.54) is 16.6 Å². The summed E-state index contributed by atoms with van der Waals surface area (Å²) >= 11 is 2.80. The molecule has 9 nitrogen and oxygen atoms in total. The molecule has 0 spiro atoms. The number of anilines is 4. The Morgan fingerprint density at radius 3 is 2.69 bits per heavy atom. The number of aromatic nitrogens is 3. The molecule has 1 saturated heterocycles. The van der Waals surface area contributed by atoms with E-state index in [4.69, 9.17) is 4.74 Å². The summed E-state index contributed by atoms with van der Waals surface area (Å²) in [5, 5.41) is 17.2. The zero-order valence-corrected chi connectivity index (χ0v) is 24.1. The van der Waals surface area contributed by atoms with Crippen LogP contribution in [-0.4, -0.2) is 52.9 Å². The molecule has 2 N–H and O–H groups in total. The van der Waals surface area contributed by atoms with Gasteiger partial charge in [-0.1, -0.05) is 50.7 Å². The summed E-state index contributed by atoms with van der Waals surface area (Å²) in [6.07, 6.45) is 2.90. The fraction of sp³-hybridized carbons (Fsp3) is 0.464. The maximum absolute atomic E-state index is 13.0. The first-order chi connectivity index (χ1) is 18.8. The molecule has 0 saturated carbocycles. The first-order valence-corrected chi connectivity index (χ1v) is 15.0. The van der Waals surface area contributed by atoms with E-state index in [0.29, 0.717) is 59.8 Å². The van der Waals surface area contributed by atoms with Crippen molar-refractivity contribution >= 4 is 51.6 Å². The van der Waals surface area contributed by atoms with E-state index < -0.39 is 0 Å². The van der Waals surface area contributed by atoms with Crippen LogP contribution in [0.3, 0.4) is 0 Å². The highest BCUT2D eigenvalue weighted by Crippen LogP contribution is 2.44. The van der Waals surface area contributed by atoms with Crippen molar-refractivity contribution in [2.24, 2.45) is 11.3 Å². The summed E-state index contributed by atoms with van der Waals surface area (Å²) in [6.45, 7) is 9.42. The van der Waals surface area contributed by atoms with Crippen molar-refractivity contribution in [3.05, 3.63) is 46.3 Å². The molecule has 5 rings (SSSR count). The van der Waals surface area contributed by atoms with Crippen molar-refractivity contribution < 1.29 is 9.53 Å². The molecule has 1 aliphatic carbocycles. The van der Waals surface area contributed by atoms with Gasteiger partial charge in [0, 0.05) is 23.7 Å². The number of thiophene rings is 1. The van der Waals surface area contributed by atoms with Crippen LogP contribution in [0.5, 0.6) is 0 Å². The van der Waals surface area contributed by atoms with Gasteiger partial charge in [0.25, 0.3) is 0 Å². The van der Waals surface area contributed by atoms with Crippen molar-refractivity contribution in [3.8, 4) is 6.07 Å². The van der Waals surface area contributed by atoms with Crippen LogP contribution in [0.4, 0.5) is 22.6 Å². The normalized spacial score (nSPS) is 17.3. The van der Waals surface area contributed by atoms with Gasteiger partial charge in [0.15, 0.2) is 5.16 Å². The molecule has 3 aromatic rings. The molecule has 0 unspecified atom stereocenters. The van der Waals surface area contributed by atoms with E-state index in [2.05, 4.69) is 57.3 Å². The largest absolute Gasteiger partial charge is 0.378 e. The van der Waals surface area contributed by atoms with Gasteiger partial charge in [-0.05, 0) is 48.3 Å². The summed E-state index contributed by atoms with van der Waals surface area (Å²) in [6, 6.07) is 12.0. The highest BCUT2D eigenvalue weighted by Gasteiger charge is 2.32. The lowest BCUT2D eigenvalue weighted by Gasteiger charge is -2.33. The number of rotatable bonds is 7. The molecule has 0 radical (unpaired) electrons. The second-order valence-electron chi connectivity index (χ2n) is 10.8. The number of ether oxygens (including phenoxy) is 1. The van der Waals surface area contributed by atoms with Crippen molar-refractivity contribution in [1.29, 1.82) is 5.26 Å². The van der Waals surface area contributed by atoms with Crippen molar-refractivity contribution in [2.75, 3.05) is 47.6 Å². The van der Waals surface area contributed by atoms with Crippen LogP contribution in [-0.2, 0) is 22.4 Å². The number of thioether (sulfide) groups is 1. The predicted molar refractivity (Wildman–Crippen MR) is 156 cm³/mol. The van der Waals surface area contributed by atoms with E-state index in [1.54, 1.807) is 11.3 Å². The lowest BCUT2D eigenvalue weighted by atomic mass is 9.72. The maximum Gasteiger partial charge on any atom is 0.235 e. The lowest BCUT2D eigenvalue weighted by Crippen LogP contribution is -2.37. The molecule has 2 aromatic heterocycles. The molecule has 204 valence electrons. The molecule has 1 aromatic carbocycles. The Balaban J connectivity index is 1.29. The van der Waals surface area contributed by atoms with Crippen molar-refractivity contribution in [3.63, 3.8) is 0 Å². The number of benzene rings is 1. The Morgan fingerprint density at radius 2 is 1.97 bits per heavy atom. The van der Waals surface area contributed by atoms with Crippen molar-refractivity contribution in [1.82, 2.24) is 15.0 Å². The Bertz CT molecular complexity index is 1360. The number of nitriles is 1. The SMILES string of the molecule is CC(C)(C)[C@@H]1CCc2c(sc(NC(=O)CSc3nc(Nc4ccccc4)nc(N4CCOCC4)n3)c2C#N)C1. The number of hydrogen-bond acceptors (Lipinski definition) is 10. The van der Waals surface area contributed by atoms with Gasteiger partial charge in [0.2, 0.25) is 17.8 Å². The van der Waals surface area contributed by atoms with Gasteiger partial charge in [-0.2, -0.15) is 20.2 Å². The van der Waals surface area contributed by atoms with Gasteiger partial charge in [-0.3, -0.25) is 4.79 Å². The zero-order chi connectivity index (χ0) is 27.4. The summed E-state index contributed by atoms with van der Waals surface area (Å²) in [5.74, 6) is 1.48. The Hall–Kier alpha value is -3.20. The van der Waals surface area contributed by atoms with Gasteiger partial charge < -0.3 is 20.3 Å². The smallest absolute Gasteiger partial charge is 0.235 e. The molecule has 39 heavy (non-hydrogen) atoms. The number of fused-ring (bicyclic) bond motifs is 1. The van der Waals surface area contributed by atoms with E-state index in [9.17, 15) is 10.1 Å². The number of para-hydroxylation sites is 1. The topological polar surface area (TPSA) is 116 Å². The van der Waals surface area contributed by atoms with Crippen LogP contribution in [0.15, 0.2) is 35.5 Å². The number of carbonyl (C=O) groups is 1. The molecule has 1 atom stereocenters. The molecule has 2 aliphatic rings. The van der Waals surface area contributed by atoms with E-state index in [1.807, 2.05) is 30.3 Å². The third-order valence-corrected chi connectivity index (χ3v) is 9.13. The second kappa shape index (κ2) is 11.9. The van der Waals surface area contributed by atoms with Gasteiger partial charge in [-0.25, -0.2) is 0 Å². The predicted octanol–water partition coefficient (Wildman–Crippen LogP) is 5.27. The van der Waals surface area contributed by atoms with Gasteiger partial charge in [0.1, 0.15) is 11.1 Å². The molecule has 0 bridgehead atoms. The number of hydrogen-bond donors (Lipinski definition) is 2. The zero-order valence-electron chi connectivity index (χ0n) is 22.5. The minimum Gasteiger partial charge on any atom is -0.378 e. The van der Waals surface area contributed by atoms with E-state index in [0.717, 1.165) is 30.5 Å². The van der Waals surface area contributed by atoms with Gasteiger partial charge in [-0.15, -0.1) is 11.3 Å². The molecule has 11 heteroatoms. The molecular formula is C28H33N7O2S2. The standard InChI is InChI=1S/C28H33N7O2S2/c1-28(2,3)18-9-10-20-21(16-29)24(39-22(20)15-18)31-23(36)17-38-27-33-25(30-19-7-5-4-6-8-19)32-26(34-27)35-11-13-37-14-12-35/h4-8,18H,9-15,17H2,1-3H3,(H,31,36)(H,30,32,33,34)/t18-/m1/s1. The molecule has 1 amide bonds. The summed E-state index contributed by atoms with van der Waals surface area (Å²) in [5.41, 5.74) is 2.80. The van der Waals surface area contributed by atoms with E-state index in [-0.39, 0.29) is 17.1 Å².